The van der Waals surface area contributed by atoms with E-state index in [0.717, 1.165) is 0 Å². The second kappa shape index (κ2) is 8.54. The Labute approximate surface area is 167 Å². The summed E-state index contributed by atoms with van der Waals surface area (Å²) in [4.78, 5) is 15.1. The number of hydrogen-bond donors (Lipinski definition) is 2. The van der Waals surface area contributed by atoms with Gasteiger partial charge in [-0.05, 0) is 61.4 Å². The normalized spacial score (nSPS) is 11.5. The standard InChI is InChI=1S/C20H19FN2O5S/c21-15-9-5-13(6-10-15)19-20(14-7-11-16(12-8-14)29(22,26)27)28-17(23-19)3-1-2-4-18(24)25/h5-12H,1-4H2,(H,24,25)(H2,22,26,27). The van der Waals surface area contributed by atoms with Gasteiger partial charge in [-0.3, -0.25) is 4.79 Å². The highest BCUT2D eigenvalue weighted by molar-refractivity contribution is 7.89. The summed E-state index contributed by atoms with van der Waals surface area (Å²) in [6, 6.07) is 11.6. The largest absolute Gasteiger partial charge is 0.481 e. The van der Waals surface area contributed by atoms with E-state index >= 15 is 0 Å². The van der Waals surface area contributed by atoms with Crippen molar-refractivity contribution < 1.29 is 27.1 Å². The van der Waals surface area contributed by atoms with E-state index in [0.29, 0.717) is 47.7 Å². The van der Waals surface area contributed by atoms with E-state index in [1.165, 1.54) is 24.3 Å². The number of primary sulfonamides is 1. The average molecular weight is 418 g/mol. The summed E-state index contributed by atoms with van der Waals surface area (Å²) >= 11 is 0. The van der Waals surface area contributed by atoms with Crippen LogP contribution < -0.4 is 5.14 Å². The van der Waals surface area contributed by atoms with E-state index < -0.39 is 16.0 Å². The van der Waals surface area contributed by atoms with Gasteiger partial charge in [0.05, 0.1) is 4.90 Å². The number of benzene rings is 2. The molecule has 0 spiro atoms. The Morgan fingerprint density at radius 3 is 2.24 bits per heavy atom. The monoisotopic (exact) mass is 418 g/mol. The van der Waals surface area contributed by atoms with Crippen LogP contribution in [0, 0.1) is 5.82 Å². The lowest BCUT2D eigenvalue weighted by atomic mass is 10.1. The molecule has 0 aliphatic heterocycles. The Morgan fingerprint density at radius 1 is 1.03 bits per heavy atom. The first kappa shape index (κ1) is 20.7. The van der Waals surface area contributed by atoms with Crippen molar-refractivity contribution >= 4 is 16.0 Å². The maximum atomic E-state index is 13.3. The maximum absolute atomic E-state index is 13.3. The molecule has 7 nitrogen and oxygen atoms in total. The van der Waals surface area contributed by atoms with Crippen molar-refractivity contribution in [3.05, 3.63) is 60.2 Å². The zero-order valence-corrected chi connectivity index (χ0v) is 16.2. The number of halogens is 1. The van der Waals surface area contributed by atoms with Crippen LogP contribution in [0.2, 0.25) is 0 Å². The molecule has 3 rings (SSSR count). The van der Waals surface area contributed by atoms with Crippen molar-refractivity contribution in [3.8, 4) is 22.6 Å². The second-order valence-electron chi connectivity index (χ2n) is 6.46. The van der Waals surface area contributed by atoms with Crippen LogP contribution in [0.5, 0.6) is 0 Å². The molecule has 1 heterocycles. The molecule has 0 amide bonds. The van der Waals surface area contributed by atoms with Gasteiger partial charge in [0.1, 0.15) is 11.5 Å². The highest BCUT2D eigenvalue weighted by Crippen LogP contribution is 2.33. The number of hydrogen-bond acceptors (Lipinski definition) is 5. The van der Waals surface area contributed by atoms with Gasteiger partial charge in [-0.15, -0.1) is 0 Å². The molecule has 0 saturated carbocycles. The number of rotatable bonds is 8. The van der Waals surface area contributed by atoms with Gasteiger partial charge in [-0.1, -0.05) is 0 Å². The summed E-state index contributed by atoms with van der Waals surface area (Å²) in [5.74, 6) is -0.420. The Morgan fingerprint density at radius 2 is 1.66 bits per heavy atom. The van der Waals surface area contributed by atoms with E-state index in [-0.39, 0.29) is 17.1 Å². The Bertz CT molecular complexity index is 1110. The van der Waals surface area contributed by atoms with Gasteiger partial charge in [-0.2, -0.15) is 0 Å². The fourth-order valence-electron chi connectivity index (χ4n) is 2.82. The van der Waals surface area contributed by atoms with E-state index in [1.54, 1.807) is 24.3 Å². The molecule has 152 valence electrons. The van der Waals surface area contributed by atoms with Crippen LogP contribution >= 0.6 is 0 Å². The molecule has 0 bridgehead atoms. The molecular formula is C20H19FN2O5S. The summed E-state index contributed by atoms with van der Waals surface area (Å²) in [6.07, 6.45) is 1.57. The van der Waals surface area contributed by atoms with Crippen molar-refractivity contribution in [3.63, 3.8) is 0 Å². The van der Waals surface area contributed by atoms with Gasteiger partial charge in [0.25, 0.3) is 0 Å². The van der Waals surface area contributed by atoms with Crippen molar-refractivity contribution in [2.45, 2.75) is 30.6 Å². The summed E-state index contributed by atoms with van der Waals surface area (Å²) in [7, 11) is -3.82. The first-order valence-electron chi connectivity index (χ1n) is 8.85. The van der Waals surface area contributed by atoms with Crippen molar-refractivity contribution in [1.82, 2.24) is 4.98 Å². The number of unbranched alkanes of at least 4 members (excludes halogenated alkanes) is 1. The molecule has 2 aromatic carbocycles. The number of aliphatic carboxylic acids is 1. The molecule has 3 N–H and O–H groups in total. The number of aryl methyl sites for hydroxylation is 1. The van der Waals surface area contributed by atoms with Crippen LogP contribution in [0.4, 0.5) is 4.39 Å². The van der Waals surface area contributed by atoms with Crippen LogP contribution in [0.1, 0.15) is 25.2 Å². The van der Waals surface area contributed by atoms with Gasteiger partial charge in [0, 0.05) is 24.0 Å². The number of nitrogens with zero attached hydrogens (tertiary/aromatic N) is 1. The fourth-order valence-corrected chi connectivity index (χ4v) is 3.33. The van der Waals surface area contributed by atoms with Gasteiger partial charge in [0.15, 0.2) is 11.7 Å². The predicted octanol–water partition coefficient (Wildman–Crippen LogP) is 3.59. The molecule has 3 aromatic rings. The molecule has 29 heavy (non-hydrogen) atoms. The minimum Gasteiger partial charge on any atom is -0.481 e. The van der Waals surface area contributed by atoms with Crippen LogP contribution in [0.25, 0.3) is 22.6 Å². The molecule has 0 atom stereocenters. The SMILES string of the molecule is NS(=O)(=O)c1ccc(-c2oc(CCCCC(=O)O)nc2-c2ccc(F)cc2)cc1. The van der Waals surface area contributed by atoms with Crippen LogP contribution in [0.15, 0.2) is 57.8 Å². The molecule has 0 fully saturated rings. The minimum absolute atomic E-state index is 0.0296. The van der Waals surface area contributed by atoms with Gasteiger partial charge in [-0.25, -0.2) is 22.9 Å². The lowest BCUT2D eigenvalue weighted by Gasteiger charge is -2.03. The van der Waals surface area contributed by atoms with Crippen molar-refractivity contribution in [2.75, 3.05) is 0 Å². The lowest BCUT2D eigenvalue weighted by Crippen LogP contribution is -2.11. The molecule has 0 unspecified atom stereocenters. The first-order valence-corrected chi connectivity index (χ1v) is 10.4. The van der Waals surface area contributed by atoms with E-state index in [9.17, 15) is 17.6 Å². The fraction of sp³-hybridized carbons (Fsp3) is 0.200. The topological polar surface area (TPSA) is 123 Å². The highest BCUT2D eigenvalue weighted by atomic mass is 32.2. The minimum atomic E-state index is -3.82. The Kier molecular flexibility index (Phi) is 6.09. The summed E-state index contributed by atoms with van der Waals surface area (Å²) in [5, 5.41) is 13.9. The van der Waals surface area contributed by atoms with Crippen LogP contribution in [-0.4, -0.2) is 24.5 Å². The molecule has 0 aliphatic rings. The number of carbonyl (C=O) groups is 1. The third kappa shape index (κ3) is 5.27. The summed E-state index contributed by atoms with van der Waals surface area (Å²) in [6.45, 7) is 0. The molecule has 0 radical (unpaired) electrons. The van der Waals surface area contributed by atoms with Crippen molar-refractivity contribution in [2.24, 2.45) is 5.14 Å². The molecule has 0 saturated heterocycles. The lowest BCUT2D eigenvalue weighted by molar-refractivity contribution is -0.137. The van der Waals surface area contributed by atoms with Crippen LogP contribution in [-0.2, 0) is 21.2 Å². The highest BCUT2D eigenvalue weighted by Gasteiger charge is 2.18. The summed E-state index contributed by atoms with van der Waals surface area (Å²) in [5.41, 5.74) is 1.71. The predicted molar refractivity (Wildman–Crippen MR) is 104 cm³/mol. The molecule has 1 aromatic heterocycles. The smallest absolute Gasteiger partial charge is 0.303 e. The number of sulfonamides is 1. The second-order valence-corrected chi connectivity index (χ2v) is 8.02. The third-order valence-electron chi connectivity index (χ3n) is 4.27. The van der Waals surface area contributed by atoms with Crippen molar-refractivity contribution in [1.29, 1.82) is 0 Å². The zero-order valence-electron chi connectivity index (χ0n) is 15.3. The van der Waals surface area contributed by atoms with Gasteiger partial charge < -0.3 is 9.52 Å². The Hall–Kier alpha value is -3.04. The number of oxazole rings is 1. The van der Waals surface area contributed by atoms with E-state index in [4.69, 9.17) is 14.7 Å². The number of aromatic nitrogens is 1. The molecular weight excluding hydrogens is 399 g/mol. The maximum Gasteiger partial charge on any atom is 0.303 e. The Balaban J connectivity index is 1.95. The van der Waals surface area contributed by atoms with E-state index in [2.05, 4.69) is 4.98 Å². The number of nitrogens with two attached hydrogens (primary N) is 1. The molecule has 9 heteroatoms. The van der Waals surface area contributed by atoms with Gasteiger partial charge >= 0.3 is 5.97 Å². The number of carboxylic acid groups (broad SMARTS) is 1. The zero-order chi connectivity index (χ0) is 21.0. The first-order chi connectivity index (χ1) is 13.7. The van der Waals surface area contributed by atoms with Gasteiger partial charge in [0.2, 0.25) is 10.0 Å². The third-order valence-corrected chi connectivity index (χ3v) is 5.19. The molecule has 0 aliphatic carbocycles. The van der Waals surface area contributed by atoms with Crippen LogP contribution in [0.3, 0.4) is 0 Å². The quantitative estimate of drug-likeness (QED) is 0.539. The summed E-state index contributed by atoms with van der Waals surface area (Å²) < 4.78 is 42.1. The van der Waals surface area contributed by atoms with E-state index in [1.807, 2.05) is 0 Å². The average Bonchev–Trinajstić information content (AvgIpc) is 3.09. The number of carboxylic acids is 1.